The average Bonchev–Trinajstić information content (AvgIpc) is 2.76. The van der Waals surface area contributed by atoms with Gasteiger partial charge in [-0.15, -0.1) is 11.3 Å². The lowest BCUT2D eigenvalue weighted by Crippen LogP contribution is -2.31. The van der Waals surface area contributed by atoms with Crippen LogP contribution >= 0.6 is 11.3 Å². The highest BCUT2D eigenvalue weighted by Crippen LogP contribution is 2.18. The Morgan fingerprint density at radius 2 is 2.15 bits per heavy atom. The fraction of sp³-hybridized carbons (Fsp3) is 0.636. The topological polar surface area (TPSA) is 106 Å². The predicted molar refractivity (Wildman–Crippen MR) is 75.5 cm³/mol. The average molecular weight is 322 g/mol. The van der Waals surface area contributed by atoms with Crippen LogP contribution in [0.3, 0.4) is 0 Å². The Kier molecular flexibility index (Phi) is 6.06. The lowest BCUT2D eigenvalue weighted by atomic mass is 10.4. The first kappa shape index (κ1) is 17.0. The number of thiazole rings is 1. The molecule has 0 bridgehead atoms. The summed E-state index contributed by atoms with van der Waals surface area (Å²) in [6.45, 7) is 5.38. The number of rotatable bonds is 8. The molecule has 0 aliphatic carbocycles. The molecule has 0 aliphatic rings. The zero-order valence-electron chi connectivity index (χ0n) is 11.5. The molecule has 2 N–H and O–H groups in total. The zero-order chi connectivity index (χ0) is 15.3. The first-order valence-corrected chi connectivity index (χ1v) is 8.55. The lowest BCUT2D eigenvalue weighted by Gasteiger charge is -2.12. The molecule has 1 aromatic rings. The molecule has 1 atom stereocenters. The van der Waals surface area contributed by atoms with Crippen molar-refractivity contribution in [2.75, 3.05) is 12.4 Å². The number of aromatic nitrogens is 1. The normalized spacial score (nSPS) is 13.6. The van der Waals surface area contributed by atoms with Crippen LogP contribution in [0.5, 0.6) is 0 Å². The van der Waals surface area contributed by atoms with Gasteiger partial charge in [0.05, 0.1) is 24.5 Å². The summed E-state index contributed by atoms with van der Waals surface area (Å²) in [5.41, 5.74) is -0.0841. The molecule has 1 heterocycles. The highest BCUT2D eigenvalue weighted by Gasteiger charge is 2.19. The van der Waals surface area contributed by atoms with Crippen LogP contribution in [0.25, 0.3) is 0 Å². The maximum absolute atomic E-state index is 11.8. The SMILES string of the molecule is CC(C)OCCS(=O)(=O)NC(C)c1nc(C(=O)O)cs1. The molecule has 1 rings (SSSR count). The van der Waals surface area contributed by atoms with E-state index in [-0.39, 0.29) is 24.2 Å². The van der Waals surface area contributed by atoms with Gasteiger partial charge in [0.25, 0.3) is 0 Å². The fourth-order valence-electron chi connectivity index (χ4n) is 1.36. The van der Waals surface area contributed by atoms with E-state index in [0.717, 1.165) is 11.3 Å². The van der Waals surface area contributed by atoms with Crippen LogP contribution in [-0.4, -0.2) is 42.9 Å². The van der Waals surface area contributed by atoms with Crippen LogP contribution in [0, 0.1) is 0 Å². The van der Waals surface area contributed by atoms with Gasteiger partial charge in [0.2, 0.25) is 10.0 Å². The van der Waals surface area contributed by atoms with E-state index in [1.54, 1.807) is 6.92 Å². The molecule has 0 saturated heterocycles. The van der Waals surface area contributed by atoms with Crippen molar-refractivity contribution < 1.29 is 23.1 Å². The Labute approximate surface area is 122 Å². The maximum Gasteiger partial charge on any atom is 0.355 e. The molecule has 114 valence electrons. The summed E-state index contributed by atoms with van der Waals surface area (Å²) in [6.07, 6.45) is -0.0280. The minimum absolute atomic E-state index is 0.0280. The minimum Gasteiger partial charge on any atom is -0.476 e. The van der Waals surface area contributed by atoms with E-state index in [9.17, 15) is 13.2 Å². The third kappa shape index (κ3) is 5.53. The Balaban J connectivity index is 2.59. The number of carbonyl (C=O) groups is 1. The predicted octanol–water partition coefficient (Wildman–Crippen LogP) is 1.25. The van der Waals surface area contributed by atoms with E-state index in [4.69, 9.17) is 9.84 Å². The van der Waals surface area contributed by atoms with Gasteiger partial charge in [-0.1, -0.05) is 0 Å². The smallest absolute Gasteiger partial charge is 0.355 e. The summed E-state index contributed by atoms with van der Waals surface area (Å²) in [6, 6.07) is -0.572. The van der Waals surface area contributed by atoms with Gasteiger partial charge in [0.1, 0.15) is 5.01 Å². The van der Waals surface area contributed by atoms with Crippen molar-refractivity contribution in [1.29, 1.82) is 0 Å². The van der Waals surface area contributed by atoms with Crippen molar-refractivity contribution in [3.63, 3.8) is 0 Å². The Hall–Kier alpha value is -1.03. The number of ether oxygens (including phenoxy) is 1. The minimum atomic E-state index is -3.49. The maximum atomic E-state index is 11.8. The first-order chi connectivity index (χ1) is 9.21. The largest absolute Gasteiger partial charge is 0.476 e. The standard InChI is InChI=1S/C11H18N2O5S2/c1-7(2)18-4-5-20(16,17)13-8(3)10-12-9(6-19-10)11(14)15/h6-8,13H,4-5H2,1-3H3,(H,14,15). The number of nitrogens with zero attached hydrogens (tertiary/aromatic N) is 1. The third-order valence-corrected chi connectivity index (χ3v) is 4.72. The van der Waals surface area contributed by atoms with Crippen molar-refractivity contribution in [2.45, 2.75) is 32.9 Å². The van der Waals surface area contributed by atoms with Gasteiger partial charge in [-0.2, -0.15) is 0 Å². The second kappa shape index (κ2) is 7.11. The Morgan fingerprint density at radius 1 is 1.50 bits per heavy atom. The molecular formula is C11H18N2O5S2. The second-order valence-corrected chi connectivity index (χ2v) is 7.22. The molecule has 1 aromatic heterocycles. The van der Waals surface area contributed by atoms with Crippen molar-refractivity contribution in [2.24, 2.45) is 0 Å². The van der Waals surface area contributed by atoms with Crippen molar-refractivity contribution in [1.82, 2.24) is 9.71 Å². The van der Waals surface area contributed by atoms with E-state index in [2.05, 4.69) is 9.71 Å². The molecule has 20 heavy (non-hydrogen) atoms. The number of hydrogen-bond acceptors (Lipinski definition) is 6. The number of nitrogens with one attached hydrogen (secondary N) is 1. The molecule has 9 heteroatoms. The molecular weight excluding hydrogens is 304 g/mol. The first-order valence-electron chi connectivity index (χ1n) is 6.01. The molecule has 0 radical (unpaired) electrons. The summed E-state index contributed by atoms with van der Waals surface area (Å²) in [4.78, 5) is 14.6. The van der Waals surface area contributed by atoms with E-state index >= 15 is 0 Å². The molecule has 1 unspecified atom stereocenters. The van der Waals surface area contributed by atoms with Crippen LogP contribution in [-0.2, 0) is 14.8 Å². The van der Waals surface area contributed by atoms with E-state index in [1.807, 2.05) is 13.8 Å². The van der Waals surface area contributed by atoms with Crippen LogP contribution < -0.4 is 4.72 Å². The Morgan fingerprint density at radius 3 is 2.65 bits per heavy atom. The summed E-state index contributed by atoms with van der Waals surface area (Å²) in [5.74, 6) is -1.28. The Bertz CT molecular complexity index is 553. The van der Waals surface area contributed by atoms with Crippen molar-refractivity contribution in [3.8, 4) is 0 Å². The molecule has 0 spiro atoms. The number of carboxylic acid groups (broad SMARTS) is 1. The van der Waals surface area contributed by atoms with Gasteiger partial charge in [-0.3, -0.25) is 0 Å². The quantitative estimate of drug-likeness (QED) is 0.746. The molecule has 7 nitrogen and oxygen atoms in total. The van der Waals surface area contributed by atoms with Crippen LogP contribution in [0.4, 0.5) is 0 Å². The van der Waals surface area contributed by atoms with Gasteiger partial charge in [0, 0.05) is 5.38 Å². The van der Waals surface area contributed by atoms with E-state index in [1.165, 1.54) is 5.38 Å². The summed E-state index contributed by atoms with van der Waals surface area (Å²) < 4.78 is 31.2. The van der Waals surface area contributed by atoms with Gasteiger partial charge < -0.3 is 9.84 Å². The van der Waals surface area contributed by atoms with Gasteiger partial charge in [-0.25, -0.2) is 22.9 Å². The van der Waals surface area contributed by atoms with Crippen LogP contribution in [0.2, 0.25) is 0 Å². The monoisotopic (exact) mass is 322 g/mol. The number of hydrogen-bond donors (Lipinski definition) is 2. The third-order valence-electron chi connectivity index (χ3n) is 2.27. The number of sulfonamides is 1. The van der Waals surface area contributed by atoms with Crippen molar-refractivity contribution >= 4 is 27.3 Å². The van der Waals surface area contributed by atoms with Gasteiger partial charge in [0.15, 0.2) is 5.69 Å². The molecule has 0 fully saturated rings. The summed E-state index contributed by atoms with van der Waals surface area (Å²) >= 11 is 1.11. The van der Waals surface area contributed by atoms with E-state index in [0.29, 0.717) is 5.01 Å². The molecule has 0 saturated carbocycles. The zero-order valence-corrected chi connectivity index (χ0v) is 13.1. The molecule has 0 aliphatic heterocycles. The summed E-state index contributed by atoms with van der Waals surface area (Å²) in [7, 11) is -3.49. The molecule has 0 amide bonds. The van der Waals surface area contributed by atoms with Crippen LogP contribution in [0.15, 0.2) is 5.38 Å². The number of carboxylic acids is 1. The highest BCUT2D eigenvalue weighted by molar-refractivity contribution is 7.89. The van der Waals surface area contributed by atoms with E-state index < -0.39 is 22.0 Å². The van der Waals surface area contributed by atoms with Gasteiger partial charge >= 0.3 is 5.97 Å². The van der Waals surface area contributed by atoms with Crippen molar-refractivity contribution in [3.05, 3.63) is 16.1 Å². The second-order valence-electron chi connectivity index (χ2n) is 4.45. The number of aromatic carboxylic acids is 1. The summed E-state index contributed by atoms with van der Waals surface area (Å²) in [5, 5.41) is 10.6. The molecule has 0 aromatic carbocycles. The van der Waals surface area contributed by atoms with Crippen LogP contribution in [0.1, 0.15) is 42.3 Å². The van der Waals surface area contributed by atoms with Gasteiger partial charge in [-0.05, 0) is 20.8 Å². The highest BCUT2D eigenvalue weighted by atomic mass is 32.2. The lowest BCUT2D eigenvalue weighted by molar-refractivity contribution is 0.0691. The fourth-order valence-corrected chi connectivity index (χ4v) is 3.32.